The molecule has 1 N–H and O–H groups in total. The summed E-state index contributed by atoms with van der Waals surface area (Å²) in [5, 5.41) is 3.90. The summed E-state index contributed by atoms with van der Waals surface area (Å²) in [5.74, 6) is 0.136. The molecule has 0 aliphatic rings. The lowest BCUT2D eigenvalue weighted by Gasteiger charge is -2.20. The fourth-order valence-electron chi connectivity index (χ4n) is 2.62. The van der Waals surface area contributed by atoms with E-state index in [-0.39, 0.29) is 24.5 Å². The summed E-state index contributed by atoms with van der Waals surface area (Å²) < 4.78 is 5.69. The van der Waals surface area contributed by atoms with E-state index in [0.717, 1.165) is 5.56 Å². The molecule has 0 spiro atoms. The van der Waals surface area contributed by atoms with Gasteiger partial charge in [0, 0.05) is 41.3 Å². The van der Waals surface area contributed by atoms with Crippen molar-refractivity contribution in [1.29, 1.82) is 0 Å². The Bertz CT molecular complexity index is 877. The van der Waals surface area contributed by atoms with Gasteiger partial charge in [-0.15, -0.1) is 0 Å². The van der Waals surface area contributed by atoms with Gasteiger partial charge in [-0.3, -0.25) is 9.59 Å². The largest absolute Gasteiger partial charge is 0.483 e. The first-order valence-electron chi connectivity index (χ1n) is 9.18. The predicted octanol–water partition coefficient (Wildman–Crippen LogP) is 4.74. The molecule has 0 saturated carbocycles. The van der Waals surface area contributed by atoms with E-state index in [2.05, 4.69) is 5.32 Å². The Morgan fingerprint density at radius 2 is 1.76 bits per heavy atom. The van der Waals surface area contributed by atoms with Crippen molar-refractivity contribution in [3.8, 4) is 5.75 Å². The third-order valence-electron chi connectivity index (χ3n) is 4.27. The highest BCUT2D eigenvalue weighted by Gasteiger charge is 2.17. The van der Waals surface area contributed by atoms with Gasteiger partial charge in [-0.25, -0.2) is 0 Å². The first-order valence-corrected chi connectivity index (χ1v) is 9.93. The zero-order chi connectivity index (χ0) is 21.4. The number of hydrogen-bond donors (Lipinski definition) is 1. The van der Waals surface area contributed by atoms with Gasteiger partial charge < -0.3 is 15.0 Å². The second kappa shape index (κ2) is 10.9. The summed E-state index contributed by atoms with van der Waals surface area (Å²) in [6.07, 6.45) is 3.63. The highest BCUT2D eigenvalue weighted by atomic mass is 35.5. The van der Waals surface area contributed by atoms with E-state index in [1.54, 1.807) is 44.4 Å². The number of halogens is 2. The van der Waals surface area contributed by atoms with Crippen LogP contribution in [0.1, 0.15) is 30.5 Å². The van der Waals surface area contributed by atoms with Crippen LogP contribution in [0.3, 0.4) is 0 Å². The van der Waals surface area contributed by atoms with Crippen molar-refractivity contribution in [3.05, 3.63) is 69.7 Å². The molecule has 0 aliphatic heterocycles. The Morgan fingerprint density at radius 3 is 2.38 bits per heavy atom. The molecule has 7 heteroatoms. The van der Waals surface area contributed by atoms with Crippen LogP contribution in [0.4, 0.5) is 0 Å². The summed E-state index contributed by atoms with van der Waals surface area (Å²) in [5.41, 5.74) is 1.39. The van der Waals surface area contributed by atoms with Gasteiger partial charge in [-0.1, -0.05) is 54.4 Å². The van der Waals surface area contributed by atoms with Gasteiger partial charge in [-0.2, -0.15) is 0 Å². The van der Waals surface area contributed by atoms with Crippen LogP contribution in [0, 0.1) is 0 Å². The van der Waals surface area contributed by atoms with E-state index in [0.29, 0.717) is 27.8 Å². The summed E-state index contributed by atoms with van der Waals surface area (Å²) in [4.78, 5) is 25.7. The van der Waals surface area contributed by atoms with Crippen LogP contribution < -0.4 is 10.1 Å². The summed E-state index contributed by atoms with van der Waals surface area (Å²) in [7, 11) is 3.34. The number of carbonyl (C=O) groups is 2. The van der Waals surface area contributed by atoms with E-state index < -0.39 is 0 Å². The van der Waals surface area contributed by atoms with Crippen molar-refractivity contribution in [2.45, 2.75) is 19.4 Å². The quantitative estimate of drug-likeness (QED) is 0.610. The van der Waals surface area contributed by atoms with Crippen molar-refractivity contribution in [3.63, 3.8) is 0 Å². The molecule has 5 nitrogen and oxygen atoms in total. The molecule has 0 fully saturated rings. The van der Waals surface area contributed by atoms with E-state index in [1.165, 1.54) is 11.0 Å². The van der Waals surface area contributed by atoms with E-state index in [4.69, 9.17) is 27.9 Å². The molecule has 29 heavy (non-hydrogen) atoms. The monoisotopic (exact) mass is 434 g/mol. The second-order valence-electron chi connectivity index (χ2n) is 6.55. The van der Waals surface area contributed by atoms with Crippen LogP contribution in [0.5, 0.6) is 5.75 Å². The van der Waals surface area contributed by atoms with Gasteiger partial charge in [0.05, 0.1) is 6.04 Å². The normalized spacial score (nSPS) is 11.9. The SMILES string of the molecule is CCC(NC(=O)/C=C\c1c(Cl)cccc1Cl)c1ccccc1OCC(=O)N(C)C. The summed E-state index contributed by atoms with van der Waals surface area (Å²) in [6.45, 7) is 1.89. The van der Waals surface area contributed by atoms with E-state index in [1.807, 2.05) is 25.1 Å². The Morgan fingerprint density at radius 1 is 1.10 bits per heavy atom. The molecule has 0 saturated heterocycles. The third-order valence-corrected chi connectivity index (χ3v) is 4.93. The van der Waals surface area contributed by atoms with E-state index in [9.17, 15) is 9.59 Å². The Balaban J connectivity index is 2.12. The number of amides is 2. The average molecular weight is 435 g/mol. The maximum Gasteiger partial charge on any atom is 0.259 e. The fourth-order valence-corrected chi connectivity index (χ4v) is 3.14. The van der Waals surface area contributed by atoms with Gasteiger partial charge >= 0.3 is 0 Å². The first-order chi connectivity index (χ1) is 13.8. The number of rotatable bonds is 8. The molecule has 1 atom stereocenters. The van der Waals surface area contributed by atoms with Crippen LogP contribution in [0.2, 0.25) is 10.0 Å². The molecule has 2 amide bonds. The van der Waals surface area contributed by atoms with Gasteiger partial charge in [0.1, 0.15) is 5.75 Å². The molecule has 2 aromatic carbocycles. The molecule has 2 aromatic rings. The number of ether oxygens (including phenoxy) is 1. The Kier molecular flexibility index (Phi) is 8.55. The lowest BCUT2D eigenvalue weighted by molar-refractivity contribution is -0.130. The molecule has 0 bridgehead atoms. The van der Waals surface area contributed by atoms with Crippen LogP contribution >= 0.6 is 23.2 Å². The number of nitrogens with zero attached hydrogens (tertiary/aromatic N) is 1. The minimum atomic E-state index is -0.285. The number of para-hydroxylation sites is 1. The third kappa shape index (κ3) is 6.51. The zero-order valence-corrected chi connectivity index (χ0v) is 18.1. The van der Waals surface area contributed by atoms with Crippen molar-refractivity contribution < 1.29 is 14.3 Å². The second-order valence-corrected chi connectivity index (χ2v) is 7.37. The molecule has 2 rings (SSSR count). The van der Waals surface area contributed by atoms with Crippen LogP contribution in [-0.4, -0.2) is 37.4 Å². The Labute approximate surface area is 181 Å². The van der Waals surface area contributed by atoms with Gasteiger partial charge in [0.2, 0.25) is 5.91 Å². The maximum atomic E-state index is 12.5. The van der Waals surface area contributed by atoms with Crippen LogP contribution in [0.25, 0.3) is 6.08 Å². The van der Waals surface area contributed by atoms with Crippen molar-refractivity contribution in [1.82, 2.24) is 10.2 Å². The van der Waals surface area contributed by atoms with Crippen molar-refractivity contribution in [2.24, 2.45) is 0 Å². The Hall–Kier alpha value is -2.50. The average Bonchev–Trinajstić information content (AvgIpc) is 2.70. The van der Waals surface area contributed by atoms with Crippen LogP contribution in [-0.2, 0) is 9.59 Å². The summed E-state index contributed by atoms with van der Waals surface area (Å²) in [6, 6.07) is 12.2. The minimum absolute atomic E-state index is 0.0701. The maximum absolute atomic E-state index is 12.5. The molecule has 1 unspecified atom stereocenters. The van der Waals surface area contributed by atoms with Gasteiger partial charge in [0.15, 0.2) is 6.61 Å². The highest BCUT2D eigenvalue weighted by molar-refractivity contribution is 6.37. The predicted molar refractivity (Wildman–Crippen MR) is 117 cm³/mol. The fraction of sp³-hybridized carbons (Fsp3) is 0.273. The first kappa shape index (κ1) is 22.8. The molecular formula is C22H24Cl2N2O3. The molecule has 0 aliphatic carbocycles. The number of benzene rings is 2. The lowest BCUT2D eigenvalue weighted by Crippen LogP contribution is -2.29. The van der Waals surface area contributed by atoms with Crippen LogP contribution in [0.15, 0.2) is 48.5 Å². The van der Waals surface area contributed by atoms with E-state index >= 15 is 0 Å². The lowest BCUT2D eigenvalue weighted by atomic mass is 10.0. The molecular weight excluding hydrogens is 411 g/mol. The molecule has 0 aromatic heterocycles. The van der Waals surface area contributed by atoms with Crippen molar-refractivity contribution >= 4 is 41.1 Å². The minimum Gasteiger partial charge on any atom is -0.483 e. The number of hydrogen-bond acceptors (Lipinski definition) is 3. The smallest absolute Gasteiger partial charge is 0.259 e. The van der Waals surface area contributed by atoms with Crippen molar-refractivity contribution in [2.75, 3.05) is 20.7 Å². The van der Waals surface area contributed by atoms with Gasteiger partial charge in [-0.05, 0) is 30.7 Å². The number of nitrogens with one attached hydrogen (secondary N) is 1. The molecule has 154 valence electrons. The summed E-state index contributed by atoms with van der Waals surface area (Å²) >= 11 is 12.3. The highest BCUT2D eigenvalue weighted by Crippen LogP contribution is 2.28. The standard InChI is InChI=1S/C22H24Cl2N2O3/c1-4-19(16-8-5-6-11-20(16)29-14-22(28)26(2)3)25-21(27)13-12-15-17(23)9-7-10-18(15)24/h5-13,19H,4,14H2,1-3H3,(H,25,27)/b13-12-. The molecule has 0 radical (unpaired) electrons. The topological polar surface area (TPSA) is 58.6 Å². The number of carbonyl (C=O) groups excluding carboxylic acids is 2. The molecule has 0 heterocycles. The zero-order valence-electron chi connectivity index (χ0n) is 16.6. The number of likely N-dealkylation sites (N-methyl/N-ethyl adjacent to an activating group) is 1. The van der Waals surface area contributed by atoms with Gasteiger partial charge in [0.25, 0.3) is 5.91 Å².